The van der Waals surface area contributed by atoms with Crippen LogP contribution >= 0.6 is 0 Å². The molecule has 0 bridgehead atoms. The summed E-state index contributed by atoms with van der Waals surface area (Å²) in [7, 11) is 0. The fraction of sp³-hybridized carbons (Fsp3) is 0.526. The molecule has 124 valence electrons. The van der Waals surface area contributed by atoms with Crippen LogP contribution in [0, 0.1) is 19.3 Å². The number of aliphatic hydroxyl groups excluding tert-OH is 1. The minimum absolute atomic E-state index is 0.0359. The van der Waals surface area contributed by atoms with Crippen molar-refractivity contribution in [2.24, 2.45) is 5.41 Å². The van der Waals surface area contributed by atoms with Gasteiger partial charge < -0.3 is 10.1 Å². The molecule has 2 N–H and O–H groups in total. The van der Waals surface area contributed by atoms with Gasteiger partial charge >= 0.3 is 0 Å². The third-order valence-electron chi connectivity index (χ3n) is 5.06. The maximum absolute atomic E-state index is 10.0. The zero-order chi connectivity index (χ0) is 16.3. The molecule has 1 aromatic carbocycles. The van der Waals surface area contributed by atoms with Crippen LogP contribution in [0.2, 0.25) is 0 Å². The fourth-order valence-corrected chi connectivity index (χ4v) is 3.62. The Morgan fingerprint density at radius 3 is 2.65 bits per heavy atom. The Kier molecular flexibility index (Phi) is 4.83. The normalized spacial score (nSPS) is 18.2. The third kappa shape index (κ3) is 4.01. The smallest absolute Gasteiger partial charge is 0.103 e. The van der Waals surface area contributed by atoms with E-state index >= 15 is 0 Å². The first kappa shape index (κ1) is 16.2. The lowest BCUT2D eigenvalue weighted by Crippen LogP contribution is -2.42. The van der Waals surface area contributed by atoms with Crippen LogP contribution in [0.25, 0.3) is 0 Å². The van der Waals surface area contributed by atoms with Gasteiger partial charge in [-0.15, -0.1) is 0 Å². The first-order chi connectivity index (χ1) is 11.1. The maximum atomic E-state index is 10.0. The second-order valence-electron chi connectivity index (χ2n) is 7.09. The number of nitrogens with zero attached hydrogens (tertiary/aromatic N) is 2. The van der Waals surface area contributed by atoms with Crippen molar-refractivity contribution < 1.29 is 5.11 Å². The lowest BCUT2D eigenvalue weighted by molar-refractivity contribution is 0.0410. The van der Waals surface area contributed by atoms with E-state index < -0.39 is 0 Å². The molecule has 0 atom stereocenters. The second-order valence-corrected chi connectivity index (χ2v) is 7.09. The van der Waals surface area contributed by atoms with Crippen LogP contribution in [-0.4, -0.2) is 39.7 Å². The lowest BCUT2D eigenvalue weighted by atomic mass is 9.74. The van der Waals surface area contributed by atoms with E-state index in [4.69, 9.17) is 0 Å². The number of likely N-dealkylation sites (tertiary alicyclic amines) is 1. The zero-order valence-electron chi connectivity index (χ0n) is 14.2. The maximum Gasteiger partial charge on any atom is 0.103 e. The van der Waals surface area contributed by atoms with Crippen LogP contribution in [0.5, 0.6) is 0 Å². The monoisotopic (exact) mass is 313 g/mol. The fourth-order valence-electron chi connectivity index (χ4n) is 3.62. The number of nitrogens with one attached hydrogen (secondary N) is 1. The number of imidazole rings is 1. The van der Waals surface area contributed by atoms with Crippen molar-refractivity contribution in [2.75, 3.05) is 19.7 Å². The predicted octanol–water partition coefficient (Wildman–Crippen LogP) is 2.84. The summed E-state index contributed by atoms with van der Waals surface area (Å²) in [6, 6.07) is 8.68. The van der Waals surface area contributed by atoms with E-state index in [1.54, 1.807) is 0 Å². The van der Waals surface area contributed by atoms with E-state index in [2.05, 4.69) is 46.1 Å². The Labute approximate surface area is 138 Å². The first-order valence-electron chi connectivity index (χ1n) is 8.48. The standard InChI is InChI=1S/C19H27N3O/c1-15-4-3-5-17(10-15)11-19(14-23)6-8-22(9-7-19)13-18-12-20-16(2)21-18/h3-5,10,12,23H,6-9,11,13-14H2,1-2H3,(H,20,21). The van der Waals surface area contributed by atoms with Crippen molar-refractivity contribution in [1.82, 2.24) is 14.9 Å². The van der Waals surface area contributed by atoms with E-state index in [0.29, 0.717) is 0 Å². The number of aromatic amines is 1. The summed E-state index contributed by atoms with van der Waals surface area (Å²) < 4.78 is 0. The van der Waals surface area contributed by atoms with Gasteiger partial charge in [-0.05, 0) is 57.2 Å². The highest BCUT2D eigenvalue weighted by Crippen LogP contribution is 2.35. The summed E-state index contributed by atoms with van der Waals surface area (Å²) in [6.07, 6.45) is 4.99. The topological polar surface area (TPSA) is 52.1 Å². The van der Waals surface area contributed by atoms with Crippen LogP contribution in [0.1, 0.15) is 35.5 Å². The Morgan fingerprint density at radius 2 is 2.04 bits per heavy atom. The number of H-pyrrole nitrogens is 1. The molecule has 2 aromatic rings. The van der Waals surface area contributed by atoms with Gasteiger partial charge in [-0.25, -0.2) is 4.98 Å². The second kappa shape index (κ2) is 6.85. The average molecular weight is 313 g/mol. The van der Waals surface area contributed by atoms with Gasteiger partial charge in [-0.1, -0.05) is 29.8 Å². The van der Waals surface area contributed by atoms with Crippen molar-refractivity contribution in [3.63, 3.8) is 0 Å². The molecule has 1 aliphatic rings. The Bertz CT molecular complexity index is 642. The molecule has 0 spiro atoms. The van der Waals surface area contributed by atoms with E-state index in [9.17, 15) is 5.11 Å². The molecule has 1 saturated heterocycles. The van der Waals surface area contributed by atoms with Crippen molar-refractivity contribution in [3.05, 3.63) is 53.1 Å². The van der Waals surface area contributed by atoms with Crippen LogP contribution in [-0.2, 0) is 13.0 Å². The van der Waals surface area contributed by atoms with Gasteiger partial charge in [-0.2, -0.15) is 0 Å². The minimum atomic E-state index is 0.0359. The van der Waals surface area contributed by atoms with Crippen molar-refractivity contribution >= 4 is 0 Å². The highest BCUT2D eigenvalue weighted by Gasteiger charge is 2.34. The molecule has 0 unspecified atom stereocenters. The Morgan fingerprint density at radius 1 is 1.26 bits per heavy atom. The predicted molar refractivity (Wildman–Crippen MR) is 92.2 cm³/mol. The van der Waals surface area contributed by atoms with Crippen LogP contribution in [0.4, 0.5) is 0 Å². The molecule has 2 heterocycles. The SMILES string of the molecule is Cc1cccc(CC2(CO)CCN(Cc3cnc(C)[nH]3)CC2)c1. The molecule has 0 amide bonds. The molecule has 0 saturated carbocycles. The van der Waals surface area contributed by atoms with Gasteiger partial charge in [0.05, 0.1) is 0 Å². The lowest BCUT2D eigenvalue weighted by Gasteiger charge is -2.41. The number of benzene rings is 1. The van der Waals surface area contributed by atoms with Crippen molar-refractivity contribution in [1.29, 1.82) is 0 Å². The summed E-state index contributed by atoms with van der Waals surface area (Å²) in [4.78, 5) is 10.0. The summed E-state index contributed by atoms with van der Waals surface area (Å²) in [5.74, 6) is 0.973. The number of aliphatic hydroxyl groups is 1. The molecule has 1 aliphatic heterocycles. The van der Waals surface area contributed by atoms with Crippen molar-refractivity contribution in [2.45, 2.75) is 39.7 Å². The molecular weight excluding hydrogens is 286 g/mol. The van der Waals surface area contributed by atoms with Gasteiger partial charge in [0.15, 0.2) is 0 Å². The largest absolute Gasteiger partial charge is 0.396 e. The number of aryl methyl sites for hydroxylation is 2. The van der Waals surface area contributed by atoms with Crippen LogP contribution in [0.3, 0.4) is 0 Å². The van der Waals surface area contributed by atoms with E-state index in [-0.39, 0.29) is 12.0 Å². The minimum Gasteiger partial charge on any atom is -0.396 e. The highest BCUT2D eigenvalue weighted by atomic mass is 16.3. The molecule has 4 heteroatoms. The molecule has 0 radical (unpaired) electrons. The van der Waals surface area contributed by atoms with Gasteiger partial charge in [0.25, 0.3) is 0 Å². The van der Waals surface area contributed by atoms with Gasteiger partial charge in [0.1, 0.15) is 5.82 Å². The summed E-state index contributed by atoms with van der Waals surface area (Å²) in [5, 5.41) is 10.0. The Balaban J connectivity index is 1.60. The summed E-state index contributed by atoms with van der Waals surface area (Å²) in [6.45, 7) is 7.38. The number of rotatable bonds is 5. The van der Waals surface area contributed by atoms with Gasteiger partial charge in [0, 0.05) is 25.0 Å². The Hall–Kier alpha value is -1.65. The van der Waals surface area contributed by atoms with E-state index in [0.717, 1.165) is 44.7 Å². The third-order valence-corrected chi connectivity index (χ3v) is 5.06. The molecule has 1 aromatic heterocycles. The number of hydrogen-bond acceptors (Lipinski definition) is 3. The summed E-state index contributed by atoms with van der Waals surface area (Å²) >= 11 is 0. The molecule has 4 nitrogen and oxygen atoms in total. The quantitative estimate of drug-likeness (QED) is 0.892. The van der Waals surface area contributed by atoms with Gasteiger partial charge in [0.2, 0.25) is 0 Å². The zero-order valence-corrected chi connectivity index (χ0v) is 14.2. The molecule has 1 fully saturated rings. The molecule has 3 rings (SSSR count). The highest BCUT2D eigenvalue weighted by molar-refractivity contribution is 5.23. The number of piperidine rings is 1. The van der Waals surface area contributed by atoms with Crippen LogP contribution < -0.4 is 0 Å². The number of aromatic nitrogens is 2. The average Bonchev–Trinajstić information content (AvgIpc) is 2.95. The molecule has 23 heavy (non-hydrogen) atoms. The van der Waals surface area contributed by atoms with Crippen molar-refractivity contribution in [3.8, 4) is 0 Å². The molecule has 0 aliphatic carbocycles. The van der Waals surface area contributed by atoms with E-state index in [1.165, 1.54) is 16.8 Å². The first-order valence-corrected chi connectivity index (χ1v) is 8.48. The van der Waals surface area contributed by atoms with Crippen LogP contribution in [0.15, 0.2) is 30.5 Å². The molecular formula is C19H27N3O. The summed E-state index contributed by atoms with van der Waals surface area (Å²) in [5.41, 5.74) is 3.85. The van der Waals surface area contributed by atoms with Gasteiger partial charge in [-0.3, -0.25) is 4.90 Å². The van der Waals surface area contributed by atoms with E-state index in [1.807, 2.05) is 13.1 Å². The number of hydrogen-bond donors (Lipinski definition) is 2.